The zero-order valence-electron chi connectivity index (χ0n) is 10.6. The lowest BCUT2D eigenvalue weighted by molar-refractivity contribution is 0.0649. The summed E-state index contributed by atoms with van der Waals surface area (Å²) in [6.45, 7) is 0. The highest BCUT2D eigenvalue weighted by Crippen LogP contribution is 2.33. The zero-order valence-corrected chi connectivity index (χ0v) is 10.6. The first kappa shape index (κ1) is 12.9. The summed E-state index contributed by atoms with van der Waals surface area (Å²) in [5.74, 6) is -3.52. The van der Waals surface area contributed by atoms with Crippen LogP contribution in [-0.4, -0.2) is 32.2 Å². The van der Waals surface area contributed by atoms with E-state index in [-0.39, 0.29) is 10.9 Å². The highest BCUT2D eigenvalue weighted by molar-refractivity contribution is 6.10. The van der Waals surface area contributed by atoms with Gasteiger partial charge in [-0.2, -0.15) is 0 Å². The zero-order chi connectivity index (χ0) is 15.1. The van der Waals surface area contributed by atoms with Gasteiger partial charge in [0.05, 0.1) is 16.6 Å². The molecular weight excluding hydrogens is 274 g/mol. The van der Waals surface area contributed by atoms with Crippen molar-refractivity contribution in [1.29, 1.82) is 0 Å². The molecule has 0 unspecified atom stereocenters. The maximum absolute atomic E-state index is 11.2. The number of rotatable bonds is 2. The Labute approximate surface area is 117 Å². The third kappa shape index (κ3) is 1.93. The summed E-state index contributed by atoms with van der Waals surface area (Å²) in [7, 11) is 0. The van der Waals surface area contributed by atoms with Gasteiger partial charge in [0.2, 0.25) is 0 Å². The van der Waals surface area contributed by atoms with Crippen LogP contribution in [0.2, 0.25) is 0 Å². The Kier molecular flexibility index (Phi) is 2.72. The van der Waals surface area contributed by atoms with Crippen LogP contribution in [0.4, 0.5) is 0 Å². The summed E-state index contributed by atoms with van der Waals surface area (Å²) < 4.78 is 0. The Hall–Kier alpha value is -3.15. The van der Waals surface area contributed by atoms with Gasteiger partial charge in [-0.1, -0.05) is 18.2 Å². The minimum absolute atomic E-state index is 0.205. The molecule has 21 heavy (non-hydrogen) atoms. The van der Waals surface area contributed by atoms with Crippen LogP contribution in [0, 0.1) is 0 Å². The van der Waals surface area contributed by atoms with Crippen molar-refractivity contribution in [2.24, 2.45) is 0 Å². The second-order valence-electron chi connectivity index (χ2n) is 4.51. The van der Waals surface area contributed by atoms with Crippen molar-refractivity contribution < 1.29 is 24.9 Å². The van der Waals surface area contributed by atoms with Gasteiger partial charge < -0.3 is 15.3 Å². The molecule has 1 heterocycles. The standard InChI is InChI=1S/C15H9NO5/c17-13-8-5-7-3-1-2-4-10(7)16-11(8)6-9(14(18)19)12(13)15(20)21/h1-6,17H,(H,18,19)(H,20,21). The molecule has 6 nitrogen and oxygen atoms in total. The number of carbonyl (C=O) groups is 2. The maximum Gasteiger partial charge on any atom is 0.340 e. The van der Waals surface area contributed by atoms with Gasteiger partial charge in [-0.3, -0.25) is 0 Å². The Morgan fingerprint density at radius 1 is 0.952 bits per heavy atom. The van der Waals surface area contributed by atoms with E-state index in [1.54, 1.807) is 30.3 Å². The summed E-state index contributed by atoms with van der Waals surface area (Å²) in [6, 6.07) is 9.84. The summed E-state index contributed by atoms with van der Waals surface area (Å²) >= 11 is 0. The van der Waals surface area contributed by atoms with Gasteiger partial charge in [0.15, 0.2) is 0 Å². The molecule has 2 aromatic carbocycles. The molecule has 0 aliphatic heterocycles. The molecule has 1 aromatic heterocycles. The number of aromatic hydroxyl groups is 1. The summed E-state index contributed by atoms with van der Waals surface area (Å²) in [4.78, 5) is 26.7. The first-order valence-electron chi connectivity index (χ1n) is 6.01. The number of hydrogen-bond acceptors (Lipinski definition) is 4. The van der Waals surface area contributed by atoms with Crippen molar-refractivity contribution in [3.63, 3.8) is 0 Å². The summed E-state index contributed by atoms with van der Waals surface area (Å²) in [6.07, 6.45) is 0. The lowest BCUT2D eigenvalue weighted by Gasteiger charge is -2.09. The van der Waals surface area contributed by atoms with Gasteiger partial charge in [0.1, 0.15) is 11.3 Å². The SMILES string of the molecule is O=C(O)c1cc2nc3ccccc3cc2c(O)c1C(=O)O. The van der Waals surface area contributed by atoms with Crippen molar-refractivity contribution in [3.05, 3.63) is 47.5 Å². The lowest BCUT2D eigenvalue weighted by atomic mass is 10.0. The second-order valence-corrected chi connectivity index (χ2v) is 4.51. The molecule has 3 N–H and O–H groups in total. The molecule has 0 radical (unpaired) electrons. The minimum atomic E-state index is -1.50. The third-order valence-electron chi connectivity index (χ3n) is 3.24. The Balaban J connectivity index is 2.50. The van der Waals surface area contributed by atoms with Crippen molar-refractivity contribution in [2.75, 3.05) is 0 Å². The number of fused-ring (bicyclic) bond motifs is 2. The number of carboxylic acids is 2. The normalized spacial score (nSPS) is 10.9. The molecule has 0 spiro atoms. The van der Waals surface area contributed by atoms with E-state index in [1.807, 2.05) is 0 Å². The number of para-hydroxylation sites is 1. The number of aromatic nitrogens is 1. The van der Waals surface area contributed by atoms with E-state index >= 15 is 0 Å². The Bertz CT molecular complexity index is 917. The van der Waals surface area contributed by atoms with E-state index in [9.17, 15) is 14.7 Å². The quantitative estimate of drug-likeness (QED) is 0.623. The number of carboxylic acid groups (broad SMARTS) is 2. The van der Waals surface area contributed by atoms with E-state index in [1.165, 1.54) is 0 Å². The molecule has 0 aliphatic carbocycles. The predicted molar refractivity (Wildman–Crippen MR) is 74.8 cm³/mol. The molecule has 0 atom stereocenters. The first-order chi connectivity index (χ1) is 9.99. The molecule has 0 amide bonds. The number of phenols is 1. The molecule has 6 heteroatoms. The van der Waals surface area contributed by atoms with Crippen molar-refractivity contribution in [3.8, 4) is 5.75 Å². The number of aromatic carboxylic acids is 2. The highest BCUT2D eigenvalue weighted by atomic mass is 16.4. The molecule has 3 rings (SSSR count). The van der Waals surface area contributed by atoms with Gasteiger partial charge in [-0.05, 0) is 18.2 Å². The van der Waals surface area contributed by atoms with Crippen LogP contribution < -0.4 is 0 Å². The van der Waals surface area contributed by atoms with Crippen LogP contribution in [0.5, 0.6) is 5.75 Å². The van der Waals surface area contributed by atoms with Crippen molar-refractivity contribution in [1.82, 2.24) is 4.98 Å². The van der Waals surface area contributed by atoms with Crippen LogP contribution in [0.25, 0.3) is 21.8 Å². The second kappa shape index (κ2) is 4.45. The first-order valence-corrected chi connectivity index (χ1v) is 6.01. The molecule has 0 saturated heterocycles. The number of hydrogen-bond donors (Lipinski definition) is 3. The van der Waals surface area contributed by atoms with Gasteiger partial charge in [-0.25, -0.2) is 14.6 Å². The fourth-order valence-electron chi connectivity index (χ4n) is 2.29. The van der Waals surface area contributed by atoms with E-state index in [0.29, 0.717) is 5.52 Å². The Morgan fingerprint density at radius 2 is 1.67 bits per heavy atom. The van der Waals surface area contributed by atoms with Gasteiger partial charge in [0, 0.05) is 10.8 Å². The largest absolute Gasteiger partial charge is 0.506 e. The maximum atomic E-state index is 11.2. The molecule has 0 aliphatic rings. The number of pyridine rings is 1. The van der Waals surface area contributed by atoms with Gasteiger partial charge in [-0.15, -0.1) is 0 Å². The minimum Gasteiger partial charge on any atom is -0.506 e. The molecule has 104 valence electrons. The average Bonchev–Trinajstić information content (AvgIpc) is 2.44. The van der Waals surface area contributed by atoms with E-state index < -0.39 is 28.8 Å². The summed E-state index contributed by atoms with van der Waals surface area (Å²) in [5.41, 5.74) is -0.264. The predicted octanol–water partition coefficient (Wildman–Crippen LogP) is 2.49. The fourth-order valence-corrected chi connectivity index (χ4v) is 2.29. The van der Waals surface area contributed by atoms with E-state index in [2.05, 4.69) is 4.98 Å². The third-order valence-corrected chi connectivity index (χ3v) is 3.24. The monoisotopic (exact) mass is 283 g/mol. The molecular formula is C15H9NO5. The molecule has 0 bridgehead atoms. The van der Waals surface area contributed by atoms with E-state index in [4.69, 9.17) is 10.2 Å². The molecule has 3 aromatic rings. The van der Waals surface area contributed by atoms with Gasteiger partial charge >= 0.3 is 11.9 Å². The van der Waals surface area contributed by atoms with Crippen LogP contribution in [0.1, 0.15) is 20.7 Å². The fraction of sp³-hybridized carbons (Fsp3) is 0. The Morgan fingerprint density at radius 3 is 2.33 bits per heavy atom. The highest BCUT2D eigenvalue weighted by Gasteiger charge is 2.23. The summed E-state index contributed by atoms with van der Waals surface area (Å²) in [5, 5.41) is 29.3. The van der Waals surface area contributed by atoms with Crippen molar-refractivity contribution >= 4 is 33.7 Å². The molecule has 0 fully saturated rings. The van der Waals surface area contributed by atoms with E-state index in [0.717, 1.165) is 11.5 Å². The van der Waals surface area contributed by atoms with Crippen LogP contribution in [0.3, 0.4) is 0 Å². The smallest absolute Gasteiger partial charge is 0.340 e. The average molecular weight is 283 g/mol. The molecule has 0 saturated carbocycles. The van der Waals surface area contributed by atoms with Gasteiger partial charge in [0.25, 0.3) is 0 Å². The number of benzene rings is 2. The van der Waals surface area contributed by atoms with Crippen LogP contribution >= 0.6 is 0 Å². The topological polar surface area (TPSA) is 108 Å². The van der Waals surface area contributed by atoms with Crippen LogP contribution in [-0.2, 0) is 0 Å². The van der Waals surface area contributed by atoms with Crippen LogP contribution in [0.15, 0.2) is 36.4 Å². The lowest BCUT2D eigenvalue weighted by Crippen LogP contribution is -2.09. The number of nitrogens with zero attached hydrogens (tertiary/aromatic N) is 1. The van der Waals surface area contributed by atoms with Crippen molar-refractivity contribution in [2.45, 2.75) is 0 Å².